The minimum atomic E-state index is 0.229. The van der Waals surface area contributed by atoms with E-state index in [4.69, 9.17) is 0 Å². The van der Waals surface area contributed by atoms with Crippen molar-refractivity contribution in [1.29, 1.82) is 0 Å². The maximum Gasteiger partial charge on any atom is 0.151 e. The summed E-state index contributed by atoms with van der Waals surface area (Å²) in [4.78, 5) is 12.3. The fourth-order valence-electron chi connectivity index (χ4n) is 0.901. The Kier molecular flexibility index (Phi) is 3.91. The first-order valence-corrected chi connectivity index (χ1v) is 5.24. The highest BCUT2D eigenvalue weighted by Gasteiger charge is 2.03. The lowest BCUT2D eigenvalue weighted by molar-refractivity contribution is -0.117. The standard InChI is InChI=1S/C8H10BrNOS/c1-10-5-6(11)4-7-2-3-8(9)12-7/h2-3,10H,4-5H2,1H3. The predicted molar refractivity (Wildman–Crippen MR) is 54.7 cm³/mol. The average molecular weight is 248 g/mol. The average Bonchev–Trinajstić information content (AvgIpc) is 2.36. The Morgan fingerprint density at radius 2 is 2.42 bits per heavy atom. The van der Waals surface area contributed by atoms with Crippen LogP contribution in [0.3, 0.4) is 0 Å². The second-order valence-corrected chi connectivity index (χ2v) is 5.00. The molecule has 0 aromatic carbocycles. The van der Waals surface area contributed by atoms with E-state index in [1.807, 2.05) is 12.1 Å². The van der Waals surface area contributed by atoms with Crippen LogP contribution in [-0.2, 0) is 11.2 Å². The molecule has 66 valence electrons. The van der Waals surface area contributed by atoms with E-state index in [0.717, 1.165) is 8.66 Å². The number of ketones is 1. The Labute approximate surface area is 84.1 Å². The Morgan fingerprint density at radius 3 is 2.92 bits per heavy atom. The summed E-state index contributed by atoms with van der Waals surface area (Å²) in [6, 6.07) is 3.94. The molecule has 1 aromatic rings. The molecule has 0 aliphatic carbocycles. The van der Waals surface area contributed by atoms with Crippen LogP contribution < -0.4 is 5.32 Å². The van der Waals surface area contributed by atoms with Crippen molar-refractivity contribution >= 4 is 33.0 Å². The minimum absolute atomic E-state index is 0.229. The van der Waals surface area contributed by atoms with Crippen molar-refractivity contribution in [3.8, 4) is 0 Å². The summed E-state index contributed by atoms with van der Waals surface area (Å²) in [6.07, 6.45) is 0.539. The number of hydrogen-bond acceptors (Lipinski definition) is 3. The predicted octanol–water partition coefficient (Wildman–Crippen LogP) is 1.84. The third-order valence-corrected chi connectivity index (χ3v) is 3.00. The molecule has 1 aromatic heterocycles. The molecule has 0 amide bonds. The van der Waals surface area contributed by atoms with Gasteiger partial charge in [0.15, 0.2) is 5.78 Å². The van der Waals surface area contributed by atoms with E-state index in [-0.39, 0.29) is 5.78 Å². The summed E-state index contributed by atoms with van der Waals surface area (Å²) in [5, 5.41) is 2.84. The van der Waals surface area contributed by atoms with E-state index < -0.39 is 0 Å². The smallest absolute Gasteiger partial charge is 0.151 e. The molecule has 12 heavy (non-hydrogen) atoms. The minimum Gasteiger partial charge on any atom is -0.313 e. The molecule has 1 heterocycles. The highest BCUT2D eigenvalue weighted by molar-refractivity contribution is 9.11. The van der Waals surface area contributed by atoms with Crippen molar-refractivity contribution in [2.75, 3.05) is 13.6 Å². The van der Waals surface area contributed by atoms with Crippen LogP contribution in [0.2, 0.25) is 0 Å². The molecule has 0 aliphatic heterocycles. The zero-order valence-corrected chi connectivity index (χ0v) is 9.17. The van der Waals surface area contributed by atoms with E-state index >= 15 is 0 Å². The second-order valence-electron chi connectivity index (χ2n) is 2.45. The molecule has 0 unspecified atom stereocenters. The van der Waals surface area contributed by atoms with Gasteiger partial charge in [0, 0.05) is 11.3 Å². The summed E-state index contributed by atoms with van der Waals surface area (Å²) in [7, 11) is 1.78. The Morgan fingerprint density at radius 1 is 1.67 bits per heavy atom. The van der Waals surface area contributed by atoms with Crippen molar-refractivity contribution in [3.63, 3.8) is 0 Å². The second kappa shape index (κ2) is 4.74. The highest BCUT2D eigenvalue weighted by Crippen LogP contribution is 2.22. The van der Waals surface area contributed by atoms with Crippen LogP contribution in [0.1, 0.15) is 4.88 Å². The fraction of sp³-hybridized carbons (Fsp3) is 0.375. The van der Waals surface area contributed by atoms with Gasteiger partial charge in [0.05, 0.1) is 10.3 Å². The van der Waals surface area contributed by atoms with E-state index in [1.165, 1.54) is 0 Å². The molecule has 0 saturated heterocycles. The first-order chi connectivity index (χ1) is 5.72. The van der Waals surface area contributed by atoms with Crippen LogP contribution in [0, 0.1) is 0 Å². The third kappa shape index (κ3) is 3.05. The molecule has 1 rings (SSSR count). The SMILES string of the molecule is CNCC(=O)Cc1ccc(Br)s1. The number of carbonyl (C=O) groups excluding carboxylic acids is 1. The number of rotatable bonds is 4. The van der Waals surface area contributed by atoms with Gasteiger partial charge in [-0.25, -0.2) is 0 Å². The van der Waals surface area contributed by atoms with Gasteiger partial charge in [0.25, 0.3) is 0 Å². The van der Waals surface area contributed by atoms with Crippen LogP contribution in [-0.4, -0.2) is 19.4 Å². The normalized spacial score (nSPS) is 10.2. The fourth-order valence-corrected chi connectivity index (χ4v) is 2.41. The van der Waals surface area contributed by atoms with Gasteiger partial charge in [-0.3, -0.25) is 4.79 Å². The largest absolute Gasteiger partial charge is 0.313 e. The lowest BCUT2D eigenvalue weighted by Crippen LogP contribution is -2.19. The lowest BCUT2D eigenvalue weighted by Gasteiger charge is -1.95. The maximum absolute atomic E-state index is 11.2. The van der Waals surface area contributed by atoms with Crippen molar-refractivity contribution in [1.82, 2.24) is 5.32 Å². The van der Waals surface area contributed by atoms with Crippen molar-refractivity contribution in [2.45, 2.75) is 6.42 Å². The Balaban J connectivity index is 2.46. The number of Topliss-reactive ketones (excluding diaryl/α,β-unsaturated/α-hetero) is 1. The number of likely N-dealkylation sites (N-methyl/N-ethyl adjacent to an activating group) is 1. The van der Waals surface area contributed by atoms with Crippen LogP contribution in [0.4, 0.5) is 0 Å². The van der Waals surface area contributed by atoms with Crippen LogP contribution in [0.25, 0.3) is 0 Å². The summed E-state index contributed by atoms with van der Waals surface area (Å²) in [5.41, 5.74) is 0. The first kappa shape index (κ1) is 9.89. The third-order valence-electron chi connectivity index (χ3n) is 1.37. The number of hydrogen-bond donors (Lipinski definition) is 1. The maximum atomic E-state index is 11.2. The van der Waals surface area contributed by atoms with Gasteiger partial charge in [-0.2, -0.15) is 0 Å². The lowest BCUT2D eigenvalue weighted by atomic mass is 10.2. The molecular weight excluding hydrogens is 238 g/mol. The Bertz CT molecular complexity index is 272. The number of halogens is 1. The highest BCUT2D eigenvalue weighted by atomic mass is 79.9. The molecule has 0 fully saturated rings. The quantitative estimate of drug-likeness (QED) is 0.880. The number of nitrogens with one attached hydrogen (secondary N) is 1. The summed E-state index contributed by atoms with van der Waals surface area (Å²) in [5.74, 6) is 0.229. The molecule has 0 atom stereocenters. The zero-order chi connectivity index (χ0) is 8.97. The molecule has 2 nitrogen and oxygen atoms in total. The van der Waals surface area contributed by atoms with Gasteiger partial charge in [0.2, 0.25) is 0 Å². The number of carbonyl (C=O) groups is 1. The molecule has 0 aliphatic rings. The van der Waals surface area contributed by atoms with Gasteiger partial charge in [0.1, 0.15) is 0 Å². The van der Waals surface area contributed by atoms with Gasteiger partial charge in [-0.1, -0.05) is 0 Å². The van der Waals surface area contributed by atoms with Crippen LogP contribution >= 0.6 is 27.3 Å². The molecule has 0 saturated carbocycles. The van der Waals surface area contributed by atoms with Crippen LogP contribution in [0.15, 0.2) is 15.9 Å². The number of thiophene rings is 1. The topological polar surface area (TPSA) is 29.1 Å². The van der Waals surface area contributed by atoms with Crippen LogP contribution in [0.5, 0.6) is 0 Å². The van der Waals surface area contributed by atoms with E-state index in [0.29, 0.717) is 13.0 Å². The summed E-state index contributed by atoms with van der Waals surface area (Å²) in [6.45, 7) is 0.454. The molecule has 1 N–H and O–H groups in total. The van der Waals surface area contributed by atoms with Gasteiger partial charge in [-0.15, -0.1) is 11.3 Å². The zero-order valence-electron chi connectivity index (χ0n) is 6.76. The van der Waals surface area contributed by atoms with Gasteiger partial charge >= 0.3 is 0 Å². The first-order valence-electron chi connectivity index (χ1n) is 3.63. The van der Waals surface area contributed by atoms with Crippen molar-refractivity contribution in [2.24, 2.45) is 0 Å². The van der Waals surface area contributed by atoms with E-state index in [2.05, 4.69) is 21.2 Å². The molecule has 4 heteroatoms. The van der Waals surface area contributed by atoms with E-state index in [1.54, 1.807) is 18.4 Å². The molecule has 0 radical (unpaired) electrons. The Hall–Kier alpha value is -0.190. The van der Waals surface area contributed by atoms with Crippen molar-refractivity contribution < 1.29 is 4.79 Å². The monoisotopic (exact) mass is 247 g/mol. The molecule has 0 bridgehead atoms. The summed E-state index contributed by atoms with van der Waals surface area (Å²) >= 11 is 4.96. The van der Waals surface area contributed by atoms with Gasteiger partial charge < -0.3 is 5.32 Å². The van der Waals surface area contributed by atoms with Crippen molar-refractivity contribution in [3.05, 3.63) is 20.8 Å². The summed E-state index contributed by atoms with van der Waals surface area (Å²) < 4.78 is 1.08. The van der Waals surface area contributed by atoms with Gasteiger partial charge in [-0.05, 0) is 35.1 Å². The van der Waals surface area contributed by atoms with E-state index in [9.17, 15) is 4.79 Å². The molecular formula is C8H10BrNOS. The molecule has 0 spiro atoms.